The molecule has 2 aromatic rings. The van der Waals surface area contributed by atoms with Crippen LogP contribution in [0, 0.1) is 6.92 Å². The van der Waals surface area contributed by atoms with Crippen LogP contribution in [0.2, 0.25) is 0 Å². The highest BCUT2D eigenvalue weighted by atomic mass is 32.2. The van der Waals surface area contributed by atoms with Gasteiger partial charge in [0.25, 0.3) is 10.0 Å². The molecule has 0 aliphatic carbocycles. The molecule has 1 aliphatic rings. The third kappa shape index (κ3) is 3.32. The van der Waals surface area contributed by atoms with Crippen molar-refractivity contribution in [1.29, 1.82) is 0 Å². The fourth-order valence-electron chi connectivity index (χ4n) is 3.05. The first kappa shape index (κ1) is 17.3. The van der Waals surface area contributed by atoms with Gasteiger partial charge in [0.05, 0.1) is 12.0 Å². The molecular formula is C18H20N2O4S. The number of hydrogen-bond donors (Lipinski definition) is 1. The molecule has 0 saturated heterocycles. The Hall–Kier alpha value is -2.54. The Balaban J connectivity index is 1.88. The fraction of sp³-hybridized carbons (Fsp3) is 0.278. The number of amides is 1. The molecular weight excluding hydrogens is 340 g/mol. The van der Waals surface area contributed by atoms with Crippen molar-refractivity contribution >= 4 is 27.3 Å². The average Bonchev–Trinajstić information content (AvgIpc) is 2.97. The Kier molecular flexibility index (Phi) is 4.43. The second-order valence-corrected chi connectivity index (χ2v) is 7.65. The van der Waals surface area contributed by atoms with E-state index in [4.69, 9.17) is 4.74 Å². The third-order valence-electron chi connectivity index (χ3n) is 4.28. The molecule has 6 nitrogen and oxygen atoms in total. The first-order valence-corrected chi connectivity index (χ1v) is 9.38. The van der Waals surface area contributed by atoms with Gasteiger partial charge < -0.3 is 9.64 Å². The van der Waals surface area contributed by atoms with E-state index in [1.54, 1.807) is 42.2 Å². The number of carbonyl (C=O) groups excluding carboxylic acids is 1. The van der Waals surface area contributed by atoms with Gasteiger partial charge in [0.1, 0.15) is 5.75 Å². The summed E-state index contributed by atoms with van der Waals surface area (Å²) in [5, 5.41) is 0. The summed E-state index contributed by atoms with van der Waals surface area (Å²) in [5.74, 6) is 0.597. The first-order chi connectivity index (χ1) is 11.8. The molecule has 0 saturated carbocycles. The van der Waals surface area contributed by atoms with Gasteiger partial charge in [-0.25, -0.2) is 8.42 Å². The second-order valence-electron chi connectivity index (χ2n) is 6.00. The highest BCUT2D eigenvalue weighted by molar-refractivity contribution is 7.92. The lowest BCUT2D eigenvalue weighted by Gasteiger charge is -2.15. The van der Waals surface area contributed by atoms with Crippen molar-refractivity contribution in [2.24, 2.45) is 0 Å². The summed E-state index contributed by atoms with van der Waals surface area (Å²) in [5.41, 5.74) is 2.90. The molecule has 1 heterocycles. The van der Waals surface area contributed by atoms with Gasteiger partial charge >= 0.3 is 0 Å². The highest BCUT2D eigenvalue weighted by Gasteiger charge is 2.23. The fourth-order valence-corrected chi connectivity index (χ4v) is 4.33. The summed E-state index contributed by atoms with van der Waals surface area (Å²) >= 11 is 0. The van der Waals surface area contributed by atoms with Crippen LogP contribution in [0.5, 0.6) is 5.75 Å². The molecule has 25 heavy (non-hydrogen) atoms. The summed E-state index contributed by atoms with van der Waals surface area (Å²) in [4.78, 5) is 13.5. The monoisotopic (exact) mass is 360 g/mol. The Morgan fingerprint density at radius 1 is 1.20 bits per heavy atom. The quantitative estimate of drug-likeness (QED) is 0.910. The van der Waals surface area contributed by atoms with Crippen LogP contribution in [0.3, 0.4) is 0 Å². The van der Waals surface area contributed by atoms with E-state index < -0.39 is 10.0 Å². The number of ether oxygens (including phenoxy) is 1. The van der Waals surface area contributed by atoms with Crippen molar-refractivity contribution in [1.82, 2.24) is 0 Å². The number of anilines is 2. The van der Waals surface area contributed by atoms with Gasteiger partial charge in [-0.3, -0.25) is 9.52 Å². The smallest absolute Gasteiger partial charge is 0.262 e. The van der Waals surface area contributed by atoms with Crippen molar-refractivity contribution in [3.8, 4) is 5.75 Å². The Bertz CT molecular complexity index is 938. The van der Waals surface area contributed by atoms with Gasteiger partial charge in [-0.15, -0.1) is 0 Å². The molecule has 1 amide bonds. The molecule has 0 radical (unpaired) electrons. The van der Waals surface area contributed by atoms with Crippen molar-refractivity contribution in [2.45, 2.75) is 25.2 Å². The van der Waals surface area contributed by atoms with E-state index in [1.807, 2.05) is 0 Å². The molecule has 0 fully saturated rings. The van der Waals surface area contributed by atoms with E-state index in [1.165, 1.54) is 20.1 Å². The molecule has 0 unspecified atom stereocenters. The van der Waals surface area contributed by atoms with Crippen molar-refractivity contribution in [2.75, 3.05) is 23.3 Å². The van der Waals surface area contributed by atoms with E-state index in [-0.39, 0.29) is 10.8 Å². The SMILES string of the molecule is COc1ccc(S(=O)(=O)Nc2ccc3c(c2)CCN3C(C)=O)c(C)c1. The lowest BCUT2D eigenvalue weighted by Crippen LogP contribution is -2.25. The molecule has 0 atom stereocenters. The van der Waals surface area contributed by atoms with Crippen LogP contribution in [-0.2, 0) is 21.2 Å². The van der Waals surface area contributed by atoms with Crippen molar-refractivity contribution in [3.63, 3.8) is 0 Å². The summed E-state index contributed by atoms with van der Waals surface area (Å²) in [6.07, 6.45) is 0.714. The summed E-state index contributed by atoms with van der Waals surface area (Å²) < 4.78 is 33.1. The summed E-state index contributed by atoms with van der Waals surface area (Å²) in [7, 11) is -2.16. The molecule has 2 aromatic carbocycles. The van der Waals surface area contributed by atoms with Crippen LogP contribution in [0.4, 0.5) is 11.4 Å². The molecule has 0 spiro atoms. The summed E-state index contributed by atoms with van der Waals surface area (Å²) in [6, 6.07) is 10.1. The van der Waals surface area contributed by atoms with E-state index in [0.29, 0.717) is 30.0 Å². The van der Waals surface area contributed by atoms with Gasteiger partial charge in [-0.05, 0) is 60.9 Å². The summed E-state index contributed by atoms with van der Waals surface area (Å²) in [6.45, 7) is 3.88. The number of hydrogen-bond acceptors (Lipinski definition) is 4. The van der Waals surface area contributed by atoms with Gasteiger partial charge in [0, 0.05) is 24.8 Å². The Morgan fingerprint density at radius 3 is 2.60 bits per heavy atom. The van der Waals surface area contributed by atoms with Crippen LogP contribution in [0.25, 0.3) is 0 Å². The van der Waals surface area contributed by atoms with Crippen LogP contribution in [-0.4, -0.2) is 28.0 Å². The maximum Gasteiger partial charge on any atom is 0.262 e. The molecule has 7 heteroatoms. The van der Waals surface area contributed by atoms with Crippen LogP contribution in [0.1, 0.15) is 18.1 Å². The lowest BCUT2D eigenvalue weighted by molar-refractivity contribution is -0.116. The number of rotatable bonds is 4. The third-order valence-corrected chi connectivity index (χ3v) is 5.82. The zero-order valence-corrected chi connectivity index (χ0v) is 15.2. The van der Waals surface area contributed by atoms with E-state index in [0.717, 1.165) is 11.3 Å². The minimum absolute atomic E-state index is 0.0130. The van der Waals surface area contributed by atoms with Gasteiger partial charge in [0.15, 0.2) is 0 Å². The van der Waals surface area contributed by atoms with E-state index in [2.05, 4.69) is 4.72 Å². The lowest BCUT2D eigenvalue weighted by atomic mass is 10.1. The normalized spacial score (nSPS) is 13.5. The average molecular weight is 360 g/mol. The maximum atomic E-state index is 12.7. The number of nitrogens with one attached hydrogen (secondary N) is 1. The topological polar surface area (TPSA) is 75.7 Å². The van der Waals surface area contributed by atoms with Gasteiger partial charge in [0.2, 0.25) is 5.91 Å². The second kappa shape index (κ2) is 6.40. The maximum absolute atomic E-state index is 12.7. The first-order valence-electron chi connectivity index (χ1n) is 7.90. The number of aryl methyl sites for hydroxylation is 1. The minimum Gasteiger partial charge on any atom is -0.497 e. The number of sulfonamides is 1. The van der Waals surface area contributed by atoms with E-state index in [9.17, 15) is 13.2 Å². The highest BCUT2D eigenvalue weighted by Crippen LogP contribution is 2.31. The largest absolute Gasteiger partial charge is 0.497 e. The molecule has 3 rings (SSSR count). The van der Waals surface area contributed by atoms with Crippen molar-refractivity contribution in [3.05, 3.63) is 47.5 Å². The standard InChI is InChI=1S/C18H20N2O4S/c1-12-10-16(24-3)5-7-18(12)25(22,23)19-15-4-6-17-14(11-15)8-9-20(17)13(2)21/h4-7,10-11,19H,8-9H2,1-3H3. The predicted molar refractivity (Wildman–Crippen MR) is 96.7 cm³/mol. The number of nitrogens with zero attached hydrogens (tertiary/aromatic N) is 1. The zero-order chi connectivity index (χ0) is 18.2. The number of carbonyl (C=O) groups is 1. The van der Waals surface area contributed by atoms with Gasteiger partial charge in [-0.1, -0.05) is 0 Å². The Morgan fingerprint density at radius 2 is 1.96 bits per heavy atom. The molecule has 1 N–H and O–H groups in total. The van der Waals surface area contributed by atoms with Crippen LogP contribution in [0.15, 0.2) is 41.3 Å². The number of fused-ring (bicyclic) bond motifs is 1. The predicted octanol–water partition coefficient (Wildman–Crippen LogP) is 2.71. The van der Waals surface area contributed by atoms with Crippen LogP contribution >= 0.6 is 0 Å². The minimum atomic E-state index is -3.70. The van der Waals surface area contributed by atoms with Crippen LogP contribution < -0.4 is 14.4 Å². The zero-order valence-electron chi connectivity index (χ0n) is 14.4. The molecule has 0 bridgehead atoms. The Labute approximate surface area is 147 Å². The van der Waals surface area contributed by atoms with Gasteiger partial charge in [-0.2, -0.15) is 0 Å². The molecule has 132 valence electrons. The van der Waals surface area contributed by atoms with E-state index >= 15 is 0 Å². The number of methoxy groups -OCH3 is 1. The molecule has 0 aromatic heterocycles. The molecule has 1 aliphatic heterocycles. The number of benzene rings is 2. The van der Waals surface area contributed by atoms with Crippen molar-refractivity contribution < 1.29 is 17.9 Å².